The second-order valence-electron chi connectivity index (χ2n) is 5.80. The minimum absolute atomic E-state index is 0.0533. The van der Waals surface area contributed by atoms with Crippen LogP contribution >= 0.6 is 15.9 Å². The normalized spacial score (nSPS) is 12.1. The maximum absolute atomic E-state index is 12.4. The average Bonchev–Trinajstić information content (AvgIpc) is 2.52. The van der Waals surface area contributed by atoms with Gasteiger partial charge in [-0.15, -0.1) is 0 Å². The Morgan fingerprint density at radius 1 is 1.11 bits per heavy atom. The molecule has 1 heterocycles. The molecular weight excluding hydrogens is 308 g/mol. The molecule has 4 nitrogen and oxygen atoms in total. The first kappa shape index (κ1) is 14.1. The van der Waals surface area contributed by atoms with Crippen LogP contribution in [0.2, 0.25) is 0 Å². The number of aromatic nitrogens is 2. The van der Waals surface area contributed by atoms with Crippen LogP contribution in [0.25, 0.3) is 11.0 Å². The number of benzene rings is 1. The second-order valence-corrected chi connectivity index (χ2v) is 6.65. The fourth-order valence-electron chi connectivity index (χ4n) is 2.10. The third-order valence-electron chi connectivity index (χ3n) is 3.29. The number of nitrogens with zero attached hydrogens (tertiary/aromatic N) is 2. The van der Waals surface area contributed by atoms with E-state index in [1.165, 1.54) is 0 Å². The number of halogens is 1. The number of carbonyl (C=O) groups is 1. The summed E-state index contributed by atoms with van der Waals surface area (Å²) in [6.45, 7) is 5.65. The molecule has 0 fully saturated rings. The molecule has 5 heteroatoms. The van der Waals surface area contributed by atoms with E-state index in [-0.39, 0.29) is 11.5 Å². The first-order chi connectivity index (χ1) is 8.64. The Balaban J connectivity index is 2.80. The lowest BCUT2D eigenvalue weighted by molar-refractivity contribution is 0.0857. The number of hydrogen-bond donors (Lipinski definition) is 0. The van der Waals surface area contributed by atoms with Gasteiger partial charge in [0, 0.05) is 29.5 Å². The quantitative estimate of drug-likeness (QED) is 0.757. The molecule has 0 unspecified atom stereocenters. The Morgan fingerprint density at radius 3 is 2.05 bits per heavy atom. The van der Waals surface area contributed by atoms with Gasteiger partial charge in [0.25, 0.3) is 0 Å². The lowest BCUT2D eigenvalue weighted by Gasteiger charge is -2.17. The standard InChI is InChI=1S/C14H17BrN2O2/c1-14(2,3)12(18)8-6-10-11(7-9(8)15)17(5)13(19)16(10)4/h6-7H,1-5H3. The van der Waals surface area contributed by atoms with E-state index in [0.29, 0.717) is 5.56 Å². The van der Waals surface area contributed by atoms with Crippen molar-refractivity contribution in [2.45, 2.75) is 20.8 Å². The highest BCUT2D eigenvalue weighted by Gasteiger charge is 2.26. The monoisotopic (exact) mass is 324 g/mol. The number of Topliss-reactive ketones (excluding diaryl/α,β-unsaturated/α-hetero) is 1. The number of carbonyl (C=O) groups excluding carboxylic acids is 1. The van der Waals surface area contributed by atoms with E-state index in [1.54, 1.807) is 29.3 Å². The van der Waals surface area contributed by atoms with E-state index < -0.39 is 5.41 Å². The summed E-state index contributed by atoms with van der Waals surface area (Å²) in [6.07, 6.45) is 0. The van der Waals surface area contributed by atoms with Gasteiger partial charge >= 0.3 is 5.69 Å². The van der Waals surface area contributed by atoms with E-state index in [9.17, 15) is 9.59 Å². The average molecular weight is 325 g/mol. The molecule has 0 spiro atoms. The van der Waals surface area contributed by atoms with Crippen LogP contribution in [0.1, 0.15) is 31.1 Å². The predicted octanol–water partition coefficient (Wildman–Crippen LogP) is 2.87. The zero-order valence-electron chi connectivity index (χ0n) is 11.7. The first-order valence-corrected chi connectivity index (χ1v) is 6.83. The lowest BCUT2D eigenvalue weighted by atomic mass is 9.86. The van der Waals surface area contributed by atoms with Gasteiger partial charge in [-0.05, 0) is 28.1 Å². The minimum atomic E-state index is -0.455. The smallest absolute Gasteiger partial charge is 0.295 e. The highest BCUT2D eigenvalue weighted by molar-refractivity contribution is 9.10. The maximum atomic E-state index is 12.4. The van der Waals surface area contributed by atoms with Crippen molar-refractivity contribution in [1.82, 2.24) is 9.13 Å². The van der Waals surface area contributed by atoms with Crippen molar-refractivity contribution in [1.29, 1.82) is 0 Å². The van der Waals surface area contributed by atoms with E-state index >= 15 is 0 Å². The van der Waals surface area contributed by atoms with Gasteiger partial charge in [-0.1, -0.05) is 20.8 Å². The fourth-order valence-corrected chi connectivity index (χ4v) is 2.61. The summed E-state index contributed by atoms with van der Waals surface area (Å²) in [7, 11) is 3.44. The molecule has 102 valence electrons. The van der Waals surface area contributed by atoms with Gasteiger partial charge in [-0.3, -0.25) is 13.9 Å². The Labute approximate surface area is 120 Å². The Bertz CT molecular complexity index is 732. The van der Waals surface area contributed by atoms with E-state index in [4.69, 9.17) is 0 Å². The third kappa shape index (κ3) is 2.16. The molecule has 0 aliphatic carbocycles. The number of fused-ring (bicyclic) bond motifs is 1. The maximum Gasteiger partial charge on any atom is 0.328 e. The molecule has 2 rings (SSSR count). The van der Waals surface area contributed by atoms with Crippen LogP contribution in [-0.2, 0) is 14.1 Å². The molecule has 0 radical (unpaired) electrons. The topological polar surface area (TPSA) is 44.0 Å². The Morgan fingerprint density at radius 2 is 1.58 bits per heavy atom. The lowest BCUT2D eigenvalue weighted by Crippen LogP contribution is -2.20. The highest BCUT2D eigenvalue weighted by atomic mass is 79.9. The van der Waals surface area contributed by atoms with Crippen LogP contribution < -0.4 is 5.69 Å². The largest absolute Gasteiger partial charge is 0.328 e. The van der Waals surface area contributed by atoms with Crippen molar-refractivity contribution in [3.05, 3.63) is 32.7 Å². The fraction of sp³-hybridized carbons (Fsp3) is 0.429. The summed E-state index contributed by atoms with van der Waals surface area (Å²) in [5.41, 5.74) is 1.64. The molecule has 0 N–H and O–H groups in total. The van der Waals surface area contributed by atoms with Gasteiger partial charge in [0.05, 0.1) is 11.0 Å². The summed E-state index contributed by atoms with van der Waals surface area (Å²) < 4.78 is 3.85. The molecule has 0 saturated carbocycles. The van der Waals surface area contributed by atoms with Crippen LogP contribution in [0, 0.1) is 5.41 Å². The predicted molar refractivity (Wildman–Crippen MR) is 79.6 cm³/mol. The van der Waals surface area contributed by atoms with Crippen LogP contribution in [0.15, 0.2) is 21.4 Å². The first-order valence-electron chi connectivity index (χ1n) is 6.04. The third-order valence-corrected chi connectivity index (χ3v) is 3.94. The molecular formula is C14H17BrN2O2. The Kier molecular flexibility index (Phi) is 3.21. The van der Waals surface area contributed by atoms with Gasteiger partial charge in [0.1, 0.15) is 0 Å². The number of ketones is 1. The summed E-state index contributed by atoms with van der Waals surface area (Å²) in [6, 6.07) is 3.62. The molecule has 0 atom stereocenters. The van der Waals surface area contributed by atoms with Gasteiger partial charge < -0.3 is 0 Å². The zero-order valence-corrected chi connectivity index (χ0v) is 13.3. The van der Waals surface area contributed by atoms with Gasteiger partial charge in [-0.25, -0.2) is 4.79 Å². The van der Waals surface area contributed by atoms with Crippen LogP contribution in [0.4, 0.5) is 0 Å². The van der Waals surface area contributed by atoms with Crippen molar-refractivity contribution in [3.8, 4) is 0 Å². The van der Waals surface area contributed by atoms with Gasteiger partial charge in [-0.2, -0.15) is 0 Å². The molecule has 0 amide bonds. The molecule has 0 bridgehead atoms. The molecule has 0 saturated heterocycles. The van der Waals surface area contributed by atoms with E-state index in [1.807, 2.05) is 26.8 Å². The van der Waals surface area contributed by atoms with Gasteiger partial charge in [0.2, 0.25) is 0 Å². The number of rotatable bonds is 1. The van der Waals surface area contributed by atoms with Crippen molar-refractivity contribution in [2.75, 3.05) is 0 Å². The second kappa shape index (κ2) is 4.34. The van der Waals surface area contributed by atoms with Crippen molar-refractivity contribution in [2.24, 2.45) is 19.5 Å². The van der Waals surface area contributed by atoms with Crippen molar-refractivity contribution in [3.63, 3.8) is 0 Å². The summed E-state index contributed by atoms with van der Waals surface area (Å²) in [4.78, 5) is 24.3. The van der Waals surface area contributed by atoms with Crippen LogP contribution in [0.5, 0.6) is 0 Å². The van der Waals surface area contributed by atoms with E-state index in [2.05, 4.69) is 15.9 Å². The zero-order chi connectivity index (χ0) is 14.5. The minimum Gasteiger partial charge on any atom is -0.295 e. The van der Waals surface area contributed by atoms with Crippen molar-refractivity contribution >= 4 is 32.7 Å². The number of hydrogen-bond acceptors (Lipinski definition) is 2. The van der Waals surface area contributed by atoms with Crippen LogP contribution in [-0.4, -0.2) is 14.9 Å². The molecule has 2 aromatic rings. The molecule has 1 aromatic carbocycles. The summed E-state index contributed by atoms with van der Waals surface area (Å²) in [5.74, 6) is 0.0533. The molecule has 1 aromatic heterocycles. The summed E-state index contributed by atoms with van der Waals surface area (Å²) >= 11 is 3.43. The Hall–Kier alpha value is -1.36. The summed E-state index contributed by atoms with van der Waals surface area (Å²) in [5, 5.41) is 0. The highest BCUT2D eigenvalue weighted by Crippen LogP contribution is 2.29. The molecule has 0 aliphatic heterocycles. The van der Waals surface area contributed by atoms with E-state index in [0.717, 1.165) is 15.5 Å². The molecule has 0 aliphatic rings. The SMILES string of the molecule is Cn1c(=O)n(C)c2cc(C(=O)C(C)(C)C)c(Br)cc21. The van der Waals surface area contributed by atoms with Gasteiger partial charge in [0.15, 0.2) is 5.78 Å². The molecule has 19 heavy (non-hydrogen) atoms. The van der Waals surface area contributed by atoms with Crippen LogP contribution in [0.3, 0.4) is 0 Å². The van der Waals surface area contributed by atoms with Crippen molar-refractivity contribution < 1.29 is 4.79 Å². The number of aryl methyl sites for hydroxylation is 2. The number of imidazole rings is 1.